The summed E-state index contributed by atoms with van der Waals surface area (Å²) in [5.41, 5.74) is 0.0486. The second kappa shape index (κ2) is 9.76. The number of halogens is 2. The van der Waals surface area contributed by atoms with Crippen molar-refractivity contribution in [2.75, 3.05) is 11.9 Å². The average Bonchev–Trinajstić information content (AvgIpc) is 3.45. The number of hydrogen-bond acceptors (Lipinski definition) is 5. The van der Waals surface area contributed by atoms with Crippen molar-refractivity contribution in [3.63, 3.8) is 0 Å². The second-order valence-electron chi connectivity index (χ2n) is 7.89. The summed E-state index contributed by atoms with van der Waals surface area (Å²) >= 11 is 0. The molecule has 1 aliphatic rings. The molecule has 33 heavy (non-hydrogen) atoms. The summed E-state index contributed by atoms with van der Waals surface area (Å²) in [5, 5.41) is 13.4. The van der Waals surface area contributed by atoms with Crippen LogP contribution >= 0.6 is 0 Å². The zero-order chi connectivity index (χ0) is 23.4. The zero-order valence-electron chi connectivity index (χ0n) is 17.9. The van der Waals surface area contributed by atoms with Crippen molar-refractivity contribution in [2.45, 2.75) is 32.2 Å². The summed E-state index contributed by atoms with van der Waals surface area (Å²) in [6, 6.07) is 8.08. The number of amides is 2. The van der Waals surface area contributed by atoms with E-state index in [2.05, 4.69) is 20.8 Å². The number of carbonyl (C=O) groups is 2. The van der Waals surface area contributed by atoms with Crippen LogP contribution in [0, 0.1) is 17.6 Å². The predicted octanol–water partition coefficient (Wildman–Crippen LogP) is 3.48. The molecule has 0 radical (unpaired) electrons. The van der Waals surface area contributed by atoms with E-state index in [4.69, 9.17) is 4.74 Å². The molecule has 0 unspecified atom stereocenters. The minimum absolute atomic E-state index is 0.0000490. The molecule has 172 valence electrons. The fourth-order valence-corrected chi connectivity index (χ4v) is 3.99. The molecule has 1 saturated carbocycles. The van der Waals surface area contributed by atoms with Crippen LogP contribution in [-0.4, -0.2) is 39.5 Å². The SMILES string of the molecule is CC(=O)Nc1cc(F)c(-n2nccn2)c(C(=O)N[C@H]2CCC[C@@H]2COc2ccc(F)cc2)c1. The smallest absolute Gasteiger partial charge is 0.253 e. The van der Waals surface area contributed by atoms with Crippen LogP contribution in [0.5, 0.6) is 5.75 Å². The van der Waals surface area contributed by atoms with Crippen molar-refractivity contribution in [3.8, 4) is 11.4 Å². The summed E-state index contributed by atoms with van der Waals surface area (Å²) in [4.78, 5) is 25.7. The van der Waals surface area contributed by atoms with Crippen LogP contribution in [-0.2, 0) is 4.79 Å². The van der Waals surface area contributed by atoms with Crippen molar-refractivity contribution in [1.82, 2.24) is 20.3 Å². The van der Waals surface area contributed by atoms with E-state index in [1.807, 2.05) is 0 Å². The van der Waals surface area contributed by atoms with Crippen LogP contribution in [0.2, 0.25) is 0 Å². The molecule has 2 amide bonds. The molecule has 1 aromatic heterocycles. The van der Waals surface area contributed by atoms with Crippen LogP contribution in [0.1, 0.15) is 36.5 Å². The van der Waals surface area contributed by atoms with Gasteiger partial charge in [-0.15, -0.1) is 4.80 Å². The topological polar surface area (TPSA) is 98.1 Å². The standard InChI is InChI=1S/C23H23F2N5O3/c1-14(31)28-17-11-19(22(20(25)12-17)30-26-9-10-27-30)23(32)29-21-4-2-3-15(21)13-33-18-7-5-16(24)6-8-18/h5-12,15,21H,2-4,13H2,1H3,(H,28,31)(H,29,32)/t15-,21+/m1/s1. The van der Waals surface area contributed by atoms with Gasteiger partial charge in [-0.3, -0.25) is 9.59 Å². The van der Waals surface area contributed by atoms with Crippen molar-refractivity contribution < 1.29 is 23.1 Å². The van der Waals surface area contributed by atoms with E-state index in [-0.39, 0.29) is 40.6 Å². The lowest BCUT2D eigenvalue weighted by Crippen LogP contribution is -2.40. The van der Waals surface area contributed by atoms with Crippen molar-refractivity contribution in [1.29, 1.82) is 0 Å². The van der Waals surface area contributed by atoms with Gasteiger partial charge in [-0.05, 0) is 49.2 Å². The number of benzene rings is 2. The first-order chi connectivity index (χ1) is 15.9. The third-order valence-corrected chi connectivity index (χ3v) is 5.50. The van der Waals surface area contributed by atoms with Crippen molar-refractivity contribution in [2.24, 2.45) is 5.92 Å². The van der Waals surface area contributed by atoms with E-state index < -0.39 is 11.7 Å². The van der Waals surface area contributed by atoms with Crippen molar-refractivity contribution in [3.05, 3.63) is 66.0 Å². The third-order valence-electron chi connectivity index (χ3n) is 5.50. The van der Waals surface area contributed by atoms with Gasteiger partial charge in [0.2, 0.25) is 5.91 Å². The van der Waals surface area contributed by atoms with Gasteiger partial charge >= 0.3 is 0 Å². The second-order valence-corrected chi connectivity index (χ2v) is 7.89. The maximum Gasteiger partial charge on any atom is 0.253 e. The maximum absolute atomic E-state index is 14.9. The Labute approximate surface area is 188 Å². The first-order valence-electron chi connectivity index (χ1n) is 10.6. The lowest BCUT2D eigenvalue weighted by Gasteiger charge is -2.22. The van der Waals surface area contributed by atoms with Gasteiger partial charge in [0.1, 0.15) is 17.3 Å². The van der Waals surface area contributed by atoms with Gasteiger partial charge < -0.3 is 15.4 Å². The Morgan fingerprint density at radius 3 is 2.55 bits per heavy atom. The fraction of sp³-hybridized carbons (Fsp3) is 0.304. The summed E-state index contributed by atoms with van der Waals surface area (Å²) in [6.45, 7) is 1.65. The highest BCUT2D eigenvalue weighted by atomic mass is 19.1. The van der Waals surface area contributed by atoms with E-state index in [0.717, 1.165) is 30.1 Å². The fourth-order valence-electron chi connectivity index (χ4n) is 3.99. The van der Waals surface area contributed by atoms with Crippen LogP contribution in [0.15, 0.2) is 48.8 Å². The Hall–Kier alpha value is -3.82. The van der Waals surface area contributed by atoms with Gasteiger partial charge in [0.05, 0.1) is 24.6 Å². The average molecular weight is 455 g/mol. The molecule has 0 bridgehead atoms. The largest absolute Gasteiger partial charge is 0.493 e. The first kappa shape index (κ1) is 22.4. The summed E-state index contributed by atoms with van der Waals surface area (Å²) < 4.78 is 33.8. The number of rotatable bonds is 7. The number of carbonyl (C=O) groups excluding carboxylic acids is 2. The summed E-state index contributed by atoms with van der Waals surface area (Å²) in [6.07, 6.45) is 5.24. The van der Waals surface area contributed by atoms with Gasteiger partial charge in [-0.1, -0.05) is 6.42 Å². The molecule has 8 nitrogen and oxygen atoms in total. The van der Waals surface area contributed by atoms with Gasteiger partial charge in [-0.25, -0.2) is 8.78 Å². The van der Waals surface area contributed by atoms with Crippen LogP contribution in [0.4, 0.5) is 14.5 Å². The van der Waals surface area contributed by atoms with Crippen LogP contribution in [0.3, 0.4) is 0 Å². The molecular formula is C23H23F2N5O3. The Kier molecular flexibility index (Phi) is 6.62. The molecule has 10 heteroatoms. The number of aromatic nitrogens is 3. The molecule has 1 fully saturated rings. The van der Waals surface area contributed by atoms with E-state index in [1.165, 1.54) is 37.5 Å². The Balaban J connectivity index is 1.53. The summed E-state index contributed by atoms with van der Waals surface area (Å²) in [7, 11) is 0. The number of hydrogen-bond donors (Lipinski definition) is 2. The molecule has 4 rings (SSSR count). The first-order valence-corrected chi connectivity index (χ1v) is 10.6. The molecule has 2 atom stereocenters. The van der Waals surface area contributed by atoms with Gasteiger partial charge in [0.25, 0.3) is 5.91 Å². The molecule has 1 heterocycles. The minimum atomic E-state index is -0.745. The van der Waals surface area contributed by atoms with Gasteiger partial charge in [0, 0.05) is 24.6 Å². The predicted molar refractivity (Wildman–Crippen MR) is 116 cm³/mol. The quantitative estimate of drug-likeness (QED) is 0.569. The molecule has 0 saturated heterocycles. The highest BCUT2D eigenvalue weighted by Crippen LogP contribution is 2.28. The molecule has 2 aromatic carbocycles. The van der Waals surface area contributed by atoms with Gasteiger partial charge in [0.15, 0.2) is 5.82 Å². The van der Waals surface area contributed by atoms with E-state index >= 15 is 0 Å². The maximum atomic E-state index is 14.9. The normalized spacial score (nSPS) is 17.5. The van der Waals surface area contributed by atoms with Crippen LogP contribution < -0.4 is 15.4 Å². The molecular weight excluding hydrogens is 432 g/mol. The van der Waals surface area contributed by atoms with E-state index in [0.29, 0.717) is 12.4 Å². The number of nitrogens with zero attached hydrogens (tertiary/aromatic N) is 3. The molecule has 0 aliphatic heterocycles. The Morgan fingerprint density at radius 1 is 1.12 bits per heavy atom. The number of ether oxygens (including phenoxy) is 1. The van der Waals surface area contributed by atoms with Gasteiger partial charge in [-0.2, -0.15) is 10.2 Å². The minimum Gasteiger partial charge on any atom is -0.493 e. The molecule has 3 aromatic rings. The van der Waals surface area contributed by atoms with Crippen LogP contribution in [0.25, 0.3) is 5.69 Å². The lowest BCUT2D eigenvalue weighted by atomic mass is 10.0. The van der Waals surface area contributed by atoms with Crippen molar-refractivity contribution >= 4 is 17.5 Å². The Bertz CT molecular complexity index is 1140. The number of nitrogens with one attached hydrogen (secondary N) is 2. The summed E-state index contributed by atoms with van der Waals surface area (Å²) in [5.74, 6) is -1.40. The van der Waals surface area contributed by atoms with E-state index in [1.54, 1.807) is 12.1 Å². The number of anilines is 1. The molecule has 0 spiro atoms. The monoisotopic (exact) mass is 455 g/mol. The highest BCUT2D eigenvalue weighted by Gasteiger charge is 2.31. The zero-order valence-corrected chi connectivity index (χ0v) is 17.9. The third kappa shape index (κ3) is 5.33. The molecule has 1 aliphatic carbocycles. The Morgan fingerprint density at radius 2 is 1.85 bits per heavy atom. The van der Waals surface area contributed by atoms with E-state index in [9.17, 15) is 18.4 Å². The highest BCUT2D eigenvalue weighted by molar-refractivity contribution is 6.00. The lowest BCUT2D eigenvalue weighted by molar-refractivity contribution is -0.114. The molecule has 2 N–H and O–H groups in total.